The Morgan fingerprint density at radius 3 is 2.90 bits per heavy atom. The van der Waals surface area contributed by atoms with Crippen LogP contribution in [0.2, 0.25) is 0 Å². The molecular weight excluding hydrogens is 252 g/mol. The number of fused-ring (bicyclic) bond motifs is 1. The van der Waals surface area contributed by atoms with Crippen LogP contribution in [0.1, 0.15) is 43.0 Å². The SMILES string of the molecule is COc1ncnc(C2CC2)c1-c1cc2n(n1)CCCC2. The van der Waals surface area contributed by atoms with Crippen molar-refractivity contribution in [2.45, 2.75) is 44.6 Å². The molecule has 0 unspecified atom stereocenters. The predicted molar refractivity (Wildman–Crippen MR) is 74.7 cm³/mol. The molecule has 2 aliphatic rings. The molecule has 2 aromatic rings. The Balaban J connectivity index is 1.86. The van der Waals surface area contributed by atoms with Gasteiger partial charge < -0.3 is 4.74 Å². The number of hydrogen-bond acceptors (Lipinski definition) is 4. The Morgan fingerprint density at radius 2 is 2.15 bits per heavy atom. The molecule has 0 bridgehead atoms. The average molecular weight is 270 g/mol. The zero-order valence-electron chi connectivity index (χ0n) is 11.7. The summed E-state index contributed by atoms with van der Waals surface area (Å²) in [6.07, 6.45) is 7.60. The molecule has 0 amide bonds. The molecule has 1 aliphatic carbocycles. The Bertz CT molecular complexity index is 622. The third-order valence-electron chi connectivity index (χ3n) is 4.17. The lowest BCUT2D eigenvalue weighted by Crippen LogP contribution is -2.10. The van der Waals surface area contributed by atoms with Crippen molar-refractivity contribution >= 4 is 0 Å². The van der Waals surface area contributed by atoms with E-state index >= 15 is 0 Å². The maximum Gasteiger partial charge on any atom is 0.226 e. The summed E-state index contributed by atoms with van der Waals surface area (Å²) in [6, 6.07) is 2.19. The van der Waals surface area contributed by atoms with Gasteiger partial charge in [-0.2, -0.15) is 5.10 Å². The van der Waals surface area contributed by atoms with Crippen LogP contribution in [0, 0.1) is 0 Å². The minimum atomic E-state index is 0.556. The Hall–Kier alpha value is -1.91. The van der Waals surface area contributed by atoms with Gasteiger partial charge in [-0.25, -0.2) is 9.97 Å². The van der Waals surface area contributed by atoms with Gasteiger partial charge in [0.2, 0.25) is 5.88 Å². The van der Waals surface area contributed by atoms with Gasteiger partial charge in [-0.15, -0.1) is 0 Å². The van der Waals surface area contributed by atoms with Crippen LogP contribution >= 0.6 is 0 Å². The Kier molecular flexibility index (Phi) is 2.72. The van der Waals surface area contributed by atoms with E-state index in [0.29, 0.717) is 11.8 Å². The molecule has 0 aromatic carbocycles. The van der Waals surface area contributed by atoms with Gasteiger partial charge in [0, 0.05) is 18.2 Å². The topological polar surface area (TPSA) is 52.8 Å². The first-order chi connectivity index (χ1) is 9.86. The van der Waals surface area contributed by atoms with Crippen LogP contribution in [0.15, 0.2) is 12.4 Å². The van der Waals surface area contributed by atoms with Crippen molar-refractivity contribution in [1.82, 2.24) is 19.7 Å². The molecule has 0 N–H and O–H groups in total. The van der Waals surface area contributed by atoms with Crippen molar-refractivity contribution in [1.29, 1.82) is 0 Å². The number of nitrogens with zero attached hydrogens (tertiary/aromatic N) is 4. The molecule has 1 saturated carbocycles. The van der Waals surface area contributed by atoms with E-state index in [9.17, 15) is 0 Å². The van der Waals surface area contributed by atoms with Crippen molar-refractivity contribution in [3.05, 3.63) is 23.8 Å². The highest BCUT2D eigenvalue weighted by Gasteiger charge is 2.31. The third-order valence-corrected chi connectivity index (χ3v) is 4.17. The standard InChI is InChI=1S/C15H18N4O/c1-20-15-13(14(10-5-6-10)16-9-17-15)12-8-11-4-2-3-7-19(11)18-12/h8-10H,2-7H2,1H3. The second kappa shape index (κ2) is 4.58. The number of aryl methyl sites for hydroxylation is 2. The summed E-state index contributed by atoms with van der Waals surface area (Å²) in [6.45, 7) is 1.02. The van der Waals surface area contributed by atoms with E-state index < -0.39 is 0 Å². The lowest BCUT2D eigenvalue weighted by molar-refractivity contribution is 0.397. The van der Waals surface area contributed by atoms with Crippen molar-refractivity contribution in [2.24, 2.45) is 0 Å². The molecule has 2 aromatic heterocycles. The summed E-state index contributed by atoms with van der Waals surface area (Å²) in [5.74, 6) is 1.21. The van der Waals surface area contributed by atoms with E-state index in [1.54, 1.807) is 13.4 Å². The maximum atomic E-state index is 5.45. The molecule has 3 heterocycles. The second-order valence-corrected chi connectivity index (χ2v) is 5.62. The van der Waals surface area contributed by atoms with E-state index in [2.05, 4.69) is 20.7 Å². The van der Waals surface area contributed by atoms with E-state index in [1.165, 1.54) is 31.4 Å². The maximum absolute atomic E-state index is 5.45. The third kappa shape index (κ3) is 1.88. The highest BCUT2D eigenvalue weighted by atomic mass is 16.5. The van der Waals surface area contributed by atoms with Crippen LogP contribution in [0.5, 0.6) is 5.88 Å². The molecule has 0 atom stereocenters. The number of aromatic nitrogens is 4. The summed E-state index contributed by atoms with van der Waals surface area (Å²) in [5, 5.41) is 4.76. The molecule has 5 nitrogen and oxygen atoms in total. The summed E-state index contributed by atoms with van der Waals surface area (Å²) in [7, 11) is 1.67. The summed E-state index contributed by atoms with van der Waals surface area (Å²) >= 11 is 0. The van der Waals surface area contributed by atoms with Crippen molar-refractivity contribution in [3.63, 3.8) is 0 Å². The molecule has 0 saturated heterocycles. The molecule has 1 fully saturated rings. The largest absolute Gasteiger partial charge is 0.480 e. The number of ether oxygens (including phenoxy) is 1. The van der Waals surface area contributed by atoms with Gasteiger partial charge in [-0.3, -0.25) is 4.68 Å². The van der Waals surface area contributed by atoms with Crippen LogP contribution in [0.25, 0.3) is 11.3 Å². The highest BCUT2D eigenvalue weighted by molar-refractivity contribution is 5.69. The summed E-state index contributed by atoms with van der Waals surface area (Å²) < 4.78 is 7.58. The van der Waals surface area contributed by atoms with Gasteiger partial charge in [-0.05, 0) is 38.2 Å². The normalized spacial score (nSPS) is 17.9. The monoisotopic (exact) mass is 270 g/mol. The Morgan fingerprint density at radius 1 is 1.25 bits per heavy atom. The van der Waals surface area contributed by atoms with Crippen LogP contribution in [0.3, 0.4) is 0 Å². The first-order valence-corrected chi connectivity index (χ1v) is 7.33. The fourth-order valence-electron chi connectivity index (χ4n) is 2.98. The van der Waals surface area contributed by atoms with Crippen molar-refractivity contribution in [3.8, 4) is 17.1 Å². The summed E-state index contributed by atoms with van der Waals surface area (Å²) in [5.41, 5.74) is 4.40. The molecule has 1 aliphatic heterocycles. The highest BCUT2D eigenvalue weighted by Crippen LogP contribution is 2.45. The first-order valence-electron chi connectivity index (χ1n) is 7.33. The van der Waals surface area contributed by atoms with Gasteiger partial charge >= 0.3 is 0 Å². The predicted octanol–water partition coefficient (Wildman–Crippen LogP) is 2.56. The lowest BCUT2D eigenvalue weighted by atomic mass is 10.1. The van der Waals surface area contributed by atoms with Crippen LogP contribution < -0.4 is 4.74 Å². The van der Waals surface area contributed by atoms with Crippen molar-refractivity contribution < 1.29 is 4.74 Å². The van der Waals surface area contributed by atoms with Gasteiger partial charge in [-0.1, -0.05) is 0 Å². The van der Waals surface area contributed by atoms with Gasteiger partial charge in [0.25, 0.3) is 0 Å². The number of rotatable bonds is 3. The van der Waals surface area contributed by atoms with E-state index in [4.69, 9.17) is 9.84 Å². The zero-order chi connectivity index (χ0) is 13.5. The number of methoxy groups -OCH3 is 1. The zero-order valence-corrected chi connectivity index (χ0v) is 11.7. The number of hydrogen-bond donors (Lipinski definition) is 0. The quantitative estimate of drug-likeness (QED) is 0.860. The molecule has 4 rings (SSSR count). The summed E-state index contributed by atoms with van der Waals surface area (Å²) in [4.78, 5) is 8.76. The molecular formula is C15H18N4O. The lowest BCUT2D eigenvalue weighted by Gasteiger charge is -2.12. The Labute approximate surface area is 118 Å². The van der Waals surface area contributed by atoms with Crippen molar-refractivity contribution in [2.75, 3.05) is 7.11 Å². The molecule has 5 heteroatoms. The fraction of sp³-hybridized carbons (Fsp3) is 0.533. The minimum absolute atomic E-state index is 0.556. The fourth-order valence-corrected chi connectivity index (χ4v) is 2.98. The van der Waals surface area contributed by atoms with Gasteiger partial charge in [0.15, 0.2) is 0 Å². The smallest absolute Gasteiger partial charge is 0.226 e. The average Bonchev–Trinajstić information content (AvgIpc) is 3.25. The minimum Gasteiger partial charge on any atom is -0.480 e. The van der Waals surface area contributed by atoms with Gasteiger partial charge in [0.1, 0.15) is 6.33 Å². The first kappa shape index (κ1) is 11.9. The molecule has 20 heavy (non-hydrogen) atoms. The molecule has 104 valence electrons. The van der Waals surface area contributed by atoms with E-state index in [0.717, 1.165) is 29.9 Å². The van der Waals surface area contributed by atoms with E-state index in [1.807, 2.05) is 0 Å². The second-order valence-electron chi connectivity index (χ2n) is 5.62. The van der Waals surface area contributed by atoms with E-state index in [-0.39, 0.29) is 0 Å². The molecule has 0 radical (unpaired) electrons. The van der Waals surface area contributed by atoms with Gasteiger partial charge in [0.05, 0.1) is 24.1 Å². The van der Waals surface area contributed by atoms with Crippen LogP contribution in [-0.4, -0.2) is 26.9 Å². The van der Waals surface area contributed by atoms with Crippen LogP contribution in [-0.2, 0) is 13.0 Å². The molecule has 0 spiro atoms. The van der Waals surface area contributed by atoms with Crippen LogP contribution in [0.4, 0.5) is 0 Å².